The maximum Gasteiger partial charge on any atom is 0.254 e. The molecule has 5 rings (SSSR count). The number of likely N-dealkylation sites (tertiary alicyclic amines) is 1. The quantitative estimate of drug-likeness (QED) is 0.902. The molecule has 0 bridgehead atoms. The maximum atomic E-state index is 13.5. The van der Waals surface area contributed by atoms with E-state index < -0.39 is 0 Å². The molecule has 2 N–H and O–H groups in total. The summed E-state index contributed by atoms with van der Waals surface area (Å²) >= 11 is 0. The minimum atomic E-state index is 0.172. The number of pyridine rings is 1. The number of hydrogen-bond acceptors (Lipinski definition) is 3. The Morgan fingerprint density at radius 2 is 1.92 bits per heavy atom. The van der Waals surface area contributed by atoms with Gasteiger partial charge in [0, 0.05) is 36.1 Å². The molecule has 3 atom stereocenters. The summed E-state index contributed by atoms with van der Waals surface area (Å²) in [7, 11) is 0. The van der Waals surface area contributed by atoms with Gasteiger partial charge in [-0.1, -0.05) is 11.6 Å². The van der Waals surface area contributed by atoms with Gasteiger partial charge in [0.1, 0.15) is 0 Å². The fourth-order valence-electron chi connectivity index (χ4n) is 5.11. The number of benzene rings is 1. The molecule has 2 aliphatic carbocycles. The molecule has 0 spiro atoms. The monoisotopic (exact) mass is 349 g/mol. The van der Waals surface area contributed by atoms with Crippen LogP contribution in [-0.4, -0.2) is 34.9 Å². The number of nitrogens with two attached hydrogens (primary N) is 1. The number of carbonyl (C=O) groups is 1. The van der Waals surface area contributed by atoms with E-state index >= 15 is 0 Å². The molecule has 2 saturated carbocycles. The van der Waals surface area contributed by atoms with Crippen molar-refractivity contribution in [3.8, 4) is 0 Å². The molecule has 2 heterocycles. The number of fused-ring (bicyclic) bond motifs is 2. The first-order chi connectivity index (χ1) is 12.5. The largest absolute Gasteiger partial charge is 0.338 e. The summed E-state index contributed by atoms with van der Waals surface area (Å²) < 4.78 is 0. The molecule has 1 amide bonds. The zero-order chi connectivity index (χ0) is 18.0. The Morgan fingerprint density at radius 3 is 2.65 bits per heavy atom. The van der Waals surface area contributed by atoms with E-state index in [-0.39, 0.29) is 11.9 Å². The van der Waals surface area contributed by atoms with Crippen molar-refractivity contribution in [1.82, 2.24) is 9.88 Å². The van der Waals surface area contributed by atoms with Crippen LogP contribution in [0.15, 0.2) is 18.2 Å². The molecule has 3 aliphatic rings. The van der Waals surface area contributed by atoms with Crippen molar-refractivity contribution < 1.29 is 4.79 Å². The summed E-state index contributed by atoms with van der Waals surface area (Å²) in [5, 5.41) is 1.01. The highest BCUT2D eigenvalue weighted by Gasteiger charge is 2.43. The SMILES string of the molecule is Cc1cc(C)c2nc(C3CC3)cc(C(=O)N3CC4CCC(N)C4C3)c2c1. The van der Waals surface area contributed by atoms with Crippen molar-refractivity contribution >= 4 is 16.8 Å². The van der Waals surface area contributed by atoms with E-state index in [1.165, 1.54) is 18.4 Å². The molecule has 1 aromatic carbocycles. The number of hydrogen-bond donors (Lipinski definition) is 1. The normalized spacial score (nSPS) is 28.0. The van der Waals surface area contributed by atoms with Crippen molar-refractivity contribution in [2.24, 2.45) is 17.6 Å². The average molecular weight is 349 g/mol. The average Bonchev–Trinajstić information content (AvgIpc) is 3.28. The lowest BCUT2D eigenvalue weighted by atomic mass is 9.98. The summed E-state index contributed by atoms with van der Waals surface area (Å²) in [6, 6.07) is 6.63. The third kappa shape index (κ3) is 2.54. The number of nitrogens with zero attached hydrogens (tertiary/aromatic N) is 2. The van der Waals surface area contributed by atoms with Gasteiger partial charge < -0.3 is 10.6 Å². The second-order valence-corrected chi connectivity index (χ2v) is 8.72. The summed E-state index contributed by atoms with van der Waals surface area (Å²) in [4.78, 5) is 20.5. The second-order valence-electron chi connectivity index (χ2n) is 8.72. The summed E-state index contributed by atoms with van der Waals surface area (Å²) in [6.07, 6.45) is 4.66. The third-order valence-electron chi connectivity index (χ3n) is 6.69. The zero-order valence-electron chi connectivity index (χ0n) is 15.7. The van der Waals surface area contributed by atoms with Crippen molar-refractivity contribution in [2.75, 3.05) is 13.1 Å². The standard InChI is InChI=1S/C22H27N3O/c1-12-7-13(2)21-16(8-12)17(9-20(24-21)14-3-4-14)22(26)25-10-15-5-6-19(23)18(15)11-25/h7-9,14-15,18-19H,3-6,10-11,23H2,1-2H3. The Balaban J connectivity index is 1.58. The van der Waals surface area contributed by atoms with Gasteiger partial charge in [0.15, 0.2) is 0 Å². The van der Waals surface area contributed by atoms with Gasteiger partial charge in [0.05, 0.1) is 11.1 Å². The number of aryl methyl sites for hydroxylation is 2. The van der Waals surface area contributed by atoms with Crippen LogP contribution in [0.25, 0.3) is 10.9 Å². The van der Waals surface area contributed by atoms with Crippen molar-refractivity contribution in [3.05, 3.63) is 40.6 Å². The predicted molar refractivity (Wildman–Crippen MR) is 103 cm³/mol. The van der Waals surface area contributed by atoms with Crippen LogP contribution in [0.2, 0.25) is 0 Å². The molecule has 136 valence electrons. The van der Waals surface area contributed by atoms with Gasteiger partial charge in [-0.25, -0.2) is 0 Å². The van der Waals surface area contributed by atoms with E-state index in [0.29, 0.717) is 17.8 Å². The first-order valence-corrected chi connectivity index (χ1v) is 9.98. The number of carbonyl (C=O) groups excluding carboxylic acids is 1. The Kier molecular flexibility index (Phi) is 3.61. The lowest BCUT2D eigenvalue weighted by Crippen LogP contribution is -2.33. The molecule has 3 unspecified atom stereocenters. The van der Waals surface area contributed by atoms with Gasteiger partial charge in [-0.15, -0.1) is 0 Å². The van der Waals surface area contributed by atoms with E-state index in [9.17, 15) is 4.79 Å². The smallest absolute Gasteiger partial charge is 0.254 e. The lowest BCUT2D eigenvalue weighted by Gasteiger charge is -2.20. The number of aromatic nitrogens is 1. The van der Waals surface area contributed by atoms with Gasteiger partial charge >= 0.3 is 0 Å². The number of amides is 1. The Labute approximate surface area is 154 Å². The molecule has 2 aromatic rings. The Hall–Kier alpha value is -1.94. The highest BCUT2D eigenvalue weighted by Crippen LogP contribution is 2.42. The van der Waals surface area contributed by atoms with Gasteiger partial charge in [-0.2, -0.15) is 0 Å². The molecular weight excluding hydrogens is 322 g/mol. The van der Waals surface area contributed by atoms with Crippen molar-refractivity contribution in [3.63, 3.8) is 0 Å². The second kappa shape index (κ2) is 5.78. The Bertz CT molecular complexity index is 902. The highest BCUT2D eigenvalue weighted by atomic mass is 16.2. The van der Waals surface area contributed by atoms with Crippen LogP contribution in [0.5, 0.6) is 0 Å². The molecule has 4 heteroatoms. The minimum Gasteiger partial charge on any atom is -0.338 e. The molecular formula is C22H27N3O. The van der Waals surface area contributed by atoms with Crippen LogP contribution in [0.3, 0.4) is 0 Å². The molecule has 1 aromatic heterocycles. The van der Waals surface area contributed by atoms with E-state index in [0.717, 1.165) is 53.7 Å². The van der Waals surface area contributed by atoms with Crippen molar-refractivity contribution in [2.45, 2.75) is 51.5 Å². The molecule has 1 saturated heterocycles. The van der Waals surface area contributed by atoms with Crippen LogP contribution in [0.4, 0.5) is 0 Å². The summed E-state index contributed by atoms with van der Waals surface area (Å²) in [5.41, 5.74) is 11.6. The summed E-state index contributed by atoms with van der Waals surface area (Å²) in [6.45, 7) is 5.88. The molecule has 3 fully saturated rings. The van der Waals surface area contributed by atoms with Gasteiger partial charge in [0.25, 0.3) is 5.91 Å². The molecule has 26 heavy (non-hydrogen) atoms. The van der Waals surface area contributed by atoms with Crippen LogP contribution in [0.1, 0.15) is 58.8 Å². The minimum absolute atomic E-state index is 0.172. The van der Waals surface area contributed by atoms with E-state index in [4.69, 9.17) is 10.7 Å². The predicted octanol–water partition coefficient (Wildman–Crippen LogP) is 3.54. The fourth-order valence-corrected chi connectivity index (χ4v) is 5.11. The van der Waals surface area contributed by atoms with E-state index in [2.05, 4.69) is 36.9 Å². The van der Waals surface area contributed by atoms with E-state index in [1.807, 2.05) is 0 Å². The molecule has 1 aliphatic heterocycles. The summed E-state index contributed by atoms with van der Waals surface area (Å²) in [5.74, 6) is 1.79. The van der Waals surface area contributed by atoms with Gasteiger partial charge in [-0.3, -0.25) is 9.78 Å². The van der Waals surface area contributed by atoms with Crippen LogP contribution in [-0.2, 0) is 0 Å². The highest BCUT2D eigenvalue weighted by molar-refractivity contribution is 6.07. The third-order valence-corrected chi connectivity index (χ3v) is 6.69. The van der Waals surface area contributed by atoms with Gasteiger partial charge in [0.2, 0.25) is 0 Å². The van der Waals surface area contributed by atoms with E-state index in [1.54, 1.807) is 0 Å². The van der Waals surface area contributed by atoms with Crippen LogP contribution >= 0.6 is 0 Å². The van der Waals surface area contributed by atoms with Crippen molar-refractivity contribution in [1.29, 1.82) is 0 Å². The maximum absolute atomic E-state index is 13.5. The van der Waals surface area contributed by atoms with Crippen LogP contribution in [0, 0.1) is 25.7 Å². The number of rotatable bonds is 2. The first-order valence-electron chi connectivity index (χ1n) is 9.98. The Morgan fingerprint density at radius 1 is 1.12 bits per heavy atom. The fraction of sp³-hybridized carbons (Fsp3) is 0.545. The first kappa shape index (κ1) is 16.2. The topological polar surface area (TPSA) is 59.2 Å². The zero-order valence-corrected chi connectivity index (χ0v) is 15.7. The lowest BCUT2D eigenvalue weighted by molar-refractivity contribution is 0.0781. The molecule has 4 nitrogen and oxygen atoms in total. The van der Waals surface area contributed by atoms with Crippen LogP contribution < -0.4 is 5.73 Å². The van der Waals surface area contributed by atoms with Gasteiger partial charge in [-0.05, 0) is 69.1 Å². The molecule has 0 radical (unpaired) electrons.